The Hall–Kier alpha value is -3.61. The second-order valence-corrected chi connectivity index (χ2v) is 8.05. The standard InChI is InChI=1S/C24H20N4OS/c1-15(2)22-19(12-25)23(27)28-24(20(22)13-26)30-14-21(29)18-10-8-17(9-11-18)16-6-4-3-5-7-16/h3-11,15H,14H2,1-2H3,(H2,27,28)/p+1. The second-order valence-electron chi connectivity index (χ2n) is 7.07. The predicted octanol–water partition coefficient (Wildman–Crippen LogP) is 4.59. The number of hydrogen-bond donors (Lipinski definition) is 1. The molecular weight excluding hydrogens is 392 g/mol. The third-order valence-electron chi connectivity index (χ3n) is 4.75. The van der Waals surface area contributed by atoms with E-state index in [0.717, 1.165) is 11.1 Å². The van der Waals surface area contributed by atoms with E-state index in [1.807, 2.05) is 68.4 Å². The molecule has 0 saturated carbocycles. The van der Waals surface area contributed by atoms with E-state index < -0.39 is 0 Å². The highest BCUT2D eigenvalue weighted by Gasteiger charge is 2.25. The number of hydrogen-bond acceptors (Lipinski definition) is 5. The van der Waals surface area contributed by atoms with Gasteiger partial charge in [-0.2, -0.15) is 10.5 Å². The van der Waals surface area contributed by atoms with Crippen LogP contribution in [0.25, 0.3) is 11.1 Å². The van der Waals surface area contributed by atoms with Crippen molar-refractivity contribution in [1.82, 2.24) is 0 Å². The first-order chi connectivity index (χ1) is 14.5. The number of aromatic amines is 1. The number of rotatable bonds is 6. The van der Waals surface area contributed by atoms with Gasteiger partial charge in [0.1, 0.15) is 23.3 Å². The Morgan fingerprint density at radius 2 is 1.60 bits per heavy atom. The van der Waals surface area contributed by atoms with E-state index >= 15 is 0 Å². The van der Waals surface area contributed by atoms with Crippen LogP contribution in [0.1, 0.15) is 46.8 Å². The van der Waals surface area contributed by atoms with Crippen LogP contribution >= 0.6 is 11.8 Å². The minimum absolute atomic E-state index is 0.0493. The zero-order valence-corrected chi connectivity index (χ0v) is 17.6. The number of nitriles is 2. The van der Waals surface area contributed by atoms with Crippen LogP contribution in [0.2, 0.25) is 0 Å². The molecule has 0 atom stereocenters. The number of aromatic nitrogens is 1. The number of carbonyl (C=O) groups is 1. The Morgan fingerprint density at radius 3 is 2.17 bits per heavy atom. The summed E-state index contributed by atoms with van der Waals surface area (Å²) in [5.74, 6) is 0.263. The van der Waals surface area contributed by atoms with Crippen molar-refractivity contribution in [3.05, 3.63) is 76.9 Å². The summed E-state index contributed by atoms with van der Waals surface area (Å²) >= 11 is 1.22. The van der Waals surface area contributed by atoms with Crippen molar-refractivity contribution in [2.75, 3.05) is 11.5 Å². The summed E-state index contributed by atoms with van der Waals surface area (Å²) < 4.78 is 0. The molecule has 148 valence electrons. The van der Waals surface area contributed by atoms with Crippen LogP contribution < -0.4 is 10.7 Å². The molecule has 3 rings (SSSR count). The number of Topliss-reactive ketones (excluding diaryl/α,β-unsaturated/α-hetero) is 1. The zero-order chi connectivity index (χ0) is 21.7. The molecule has 0 fully saturated rings. The number of H-pyrrole nitrogens is 1. The average molecular weight is 414 g/mol. The molecule has 1 aromatic heterocycles. The van der Waals surface area contributed by atoms with Gasteiger partial charge in [0.25, 0.3) is 5.82 Å². The number of carbonyl (C=O) groups excluding carboxylic acids is 1. The van der Waals surface area contributed by atoms with Crippen LogP contribution in [0.5, 0.6) is 0 Å². The summed E-state index contributed by atoms with van der Waals surface area (Å²) in [6, 6.07) is 21.7. The van der Waals surface area contributed by atoms with Gasteiger partial charge in [-0.15, -0.1) is 0 Å². The number of pyridine rings is 1. The maximum Gasteiger partial charge on any atom is 0.289 e. The van der Waals surface area contributed by atoms with Crippen molar-refractivity contribution in [2.45, 2.75) is 24.8 Å². The lowest BCUT2D eigenvalue weighted by molar-refractivity contribution is -0.410. The van der Waals surface area contributed by atoms with Crippen molar-refractivity contribution in [3.63, 3.8) is 0 Å². The Morgan fingerprint density at radius 1 is 1.00 bits per heavy atom. The quantitative estimate of drug-likeness (QED) is 0.470. The normalized spacial score (nSPS) is 10.4. The van der Waals surface area contributed by atoms with Gasteiger partial charge in [0.2, 0.25) is 0 Å². The van der Waals surface area contributed by atoms with E-state index in [1.165, 1.54) is 11.8 Å². The number of benzene rings is 2. The molecule has 0 bridgehead atoms. The molecule has 30 heavy (non-hydrogen) atoms. The number of anilines is 1. The largest absolute Gasteiger partial charge is 0.293 e. The molecule has 0 spiro atoms. The van der Waals surface area contributed by atoms with Crippen molar-refractivity contribution in [2.24, 2.45) is 0 Å². The van der Waals surface area contributed by atoms with E-state index in [0.29, 0.717) is 21.7 Å². The van der Waals surface area contributed by atoms with Gasteiger partial charge >= 0.3 is 0 Å². The van der Waals surface area contributed by atoms with Crippen molar-refractivity contribution in [1.29, 1.82) is 10.5 Å². The van der Waals surface area contributed by atoms with Crippen molar-refractivity contribution < 1.29 is 9.78 Å². The lowest BCUT2D eigenvalue weighted by atomic mass is 9.94. The summed E-state index contributed by atoms with van der Waals surface area (Å²) in [6.45, 7) is 3.81. The van der Waals surface area contributed by atoms with Gasteiger partial charge in [-0.25, -0.2) is 4.98 Å². The molecule has 6 heteroatoms. The molecular formula is C24H21N4OS+. The molecule has 0 radical (unpaired) electrons. The lowest BCUT2D eigenvalue weighted by Gasteiger charge is -2.12. The number of nitrogens with one attached hydrogen (secondary N) is 1. The highest BCUT2D eigenvalue weighted by molar-refractivity contribution is 7.99. The monoisotopic (exact) mass is 413 g/mol. The van der Waals surface area contributed by atoms with Crippen LogP contribution in [-0.4, -0.2) is 11.5 Å². The smallest absolute Gasteiger partial charge is 0.289 e. The van der Waals surface area contributed by atoms with Gasteiger partial charge in [0.05, 0.1) is 5.75 Å². The van der Waals surface area contributed by atoms with E-state index in [-0.39, 0.29) is 28.8 Å². The Balaban J connectivity index is 1.81. The number of thioether (sulfide) groups is 1. The van der Waals surface area contributed by atoms with E-state index in [9.17, 15) is 15.3 Å². The first-order valence-corrected chi connectivity index (χ1v) is 10.4. The molecule has 0 aliphatic rings. The molecule has 3 aromatic rings. The van der Waals surface area contributed by atoms with E-state index in [2.05, 4.69) is 17.1 Å². The molecule has 0 amide bonds. The van der Waals surface area contributed by atoms with Gasteiger partial charge in [-0.1, -0.05) is 80.2 Å². The fraction of sp³-hybridized carbons (Fsp3) is 0.167. The lowest BCUT2D eigenvalue weighted by Crippen LogP contribution is -2.21. The molecule has 0 aliphatic carbocycles. The molecule has 2 aromatic carbocycles. The fourth-order valence-electron chi connectivity index (χ4n) is 3.26. The Bertz CT molecular complexity index is 1160. The highest BCUT2D eigenvalue weighted by atomic mass is 32.2. The molecule has 0 aliphatic heterocycles. The van der Waals surface area contributed by atoms with Crippen LogP contribution in [0.15, 0.2) is 59.6 Å². The summed E-state index contributed by atoms with van der Waals surface area (Å²) in [4.78, 5) is 15.6. The average Bonchev–Trinajstić information content (AvgIpc) is 2.77. The zero-order valence-electron chi connectivity index (χ0n) is 16.8. The topological polar surface area (TPSA) is 105 Å². The van der Waals surface area contributed by atoms with E-state index in [4.69, 9.17) is 5.73 Å². The van der Waals surface area contributed by atoms with Crippen LogP contribution in [0, 0.1) is 22.7 Å². The first-order valence-electron chi connectivity index (χ1n) is 9.46. The number of nitrogens with zero attached hydrogens (tertiary/aromatic N) is 2. The van der Waals surface area contributed by atoms with Gasteiger partial charge in [-0.3, -0.25) is 10.5 Å². The summed E-state index contributed by atoms with van der Waals surface area (Å²) in [6.07, 6.45) is 0. The fourth-order valence-corrected chi connectivity index (χ4v) is 4.18. The molecule has 0 saturated heterocycles. The van der Waals surface area contributed by atoms with Crippen LogP contribution in [0.4, 0.5) is 5.82 Å². The SMILES string of the molecule is CC(C)c1c(C#N)c(N)[nH+]c(SCC(=O)c2ccc(-c3ccccc3)cc2)c1C#N. The van der Waals surface area contributed by atoms with Crippen molar-refractivity contribution in [3.8, 4) is 23.3 Å². The number of nitrogen functional groups attached to an aromatic ring is 1. The second kappa shape index (κ2) is 9.26. The molecule has 5 nitrogen and oxygen atoms in total. The van der Waals surface area contributed by atoms with Gasteiger partial charge in [0.15, 0.2) is 10.8 Å². The summed E-state index contributed by atoms with van der Waals surface area (Å²) in [7, 11) is 0. The Labute approximate surface area is 180 Å². The molecule has 1 heterocycles. The summed E-state index contributed by atoms with van der Waals surface area (Å²) in [5.41, 5.74) is 10.00. The third-order valence-corrected chi connectivity index (χ3v) is 5.75. The third kappa shape index (κ3) is 4.35. The molecule has 0 unspecified atom stereocenters. The Kier molecular flexibility index (Phi) is 6.51. The highest BCUT2D eigenvalue weighted by Crippen LogP contribution is 2.31. The first kappa shape index (κ1) is 21.1. The minimum atomic E-state index is -0.0501. The maximum absolute atomic E-state index is 12.7. The summed E-state index contributed by atoms with van der Waals surface area (Å²) in [5, 5.41) is 19.6. The molecule has 3 N–H and O–H groups in total. The number of ketones is 1. The minimum Gasteiger partial charge on any atom is -0.293 e. The van der Waals surface area contributed by atoms with Gasteiger partial charge in [-0.05, 0) is 17.0 Å². The van der Waals surface area contributed by atoms with Crippen LogP contribution in [-0.2, 0) is 0 Å². The predicted molar refractivity (Wildman–Crippen MR) is 118 cm³/mol. The van der Waals surface area contributed by atoms with Crippen LogP contribution in [0.3, 0.4) is 0 Å². The van der Waals surface area contributed by atoms with Gasteiger partial charge in [0, 0.05) is 11.1 Å². The van der Waals surface area contributed by atoms with E-state index in [1.54, 1.807) is 0 Å². The number of nitrogens with two attached hydrogens (primary N) is 1. The van der Waals surface area contributed by atoms with Gasteiger partial charge < -0.3 is 0 Å². The maximum atomic E-state index is 12.7. The van der Waals surface area contributed by atoms with Crippen molar-refractivity contribution >= 4 is 23.4 Å².